The first-order valence-corrected chi connectivity index (χ1v) is 9.86. The average Bonchev–Trinajstić information content (AvgIpc) is 2.64. The predicted molar refractivity (Wildman–Crippen MR) is 109 cm³/mol. The molecule has 1 aliphatic rings. The first kappa shape index (κ1) is 19.5. The van der Waals surface area contributed by atoms with Crippen LogP contribution in [0.25, 0.3) is 12.7 Å². The Bertz CT molecular complexity index is 966. The number of aromatic nitrogens is 2. The van der Waals surface area contributed by atoms with Crippen molar-refractivity contribution in [2.24, 2.45) is 5.92 Å². The summed E-state index contributed by atoms with van der Waals surface area (Å²) in [5.41, 5.74) is -0.134. The molecular weight excluding hydrogens is 364 g/mol. The number of H-pyrrole nitrogens is 2. The molecule has 1 fully saturated rings. The Kier molecular flexibility index (Phi) is 6.56. The predicted octanol–water partition coefficient (Wildman–Crippen LogP) is 2.70. The van der Waals surface area contributed by atoms with Crippen molar-refractivity contribution in [3.05, 3.63) is 60.2 Å². The van der Waals surface area contributed by atoms with Gasteiger partial charge in [0.1, 0.15) is 16.4 Å². The third-order valence-electron chi connectivity index (χ3n) is 5.02. The standard InChI is InChI=1S/C21H25ClN2O3/c1-14-23-20(25)17(21(26)24-14)12-16-9-10-19(18(22)13-16)27-11-5-8-15-6-3-2-4-7-15/h9-10,12-13,15H,1-8,11H2,(H,23,25)(H,24,26). The molecule has 144 valence electrons. The molecule has 0 atom stereocenters. The minimum atomic E-state index is -0.483. The maximum atomic E-state index is 11.9. The van der Waals surface area contributed by atoms with Gasteiger partial charge in [-0.05, 0) is 42.5 Å². The van der Waals surface area contributed by atoms with Gasteiger partial charge in [-0.3, -0.25) is 9.59 Å². The van der Waals surface area contributed by atoms with Crippen LogP contribution in [0.5, 0.6) is 5.75 Å². The van der Waals surface area contributed by atoms with E-state index in [1.165, 1.54) is 44.6 Å². The fourth-order valence-electron chi connectivity index (χ4n) is 3.59. The van der Waals surface area contributed by atoms with Gasteiger partial charge in [0, 0.05) is 0 Å². The molecule has 27 heavy (non-hydrogen) atoms. The van der Waals surface area contributed by atoms with Crippen LogP contribution in [0.4, 0.5) is 0 Å². The summed E-state index contributed by atoms with van der Waals surface area (Å²) in [4.78, 5) is 28.8. The van der Waals surface area contributed by atoms with Crippen molar-refractivity contribution in [1.29, 1.82) is 0 Å². The maximum absolute atomic E-state index is 11.9. The Morgan fingerprint density at radius 2 is 1.85 bits per heavy atom. The largest absolute Gasteiger partial charge is 0.492 e. The molecule has 1 heterocycles. The molecule has 0 unspecified atom stereocenters. The van der Waals surface area contributed by atoms with Crippen LogP contribution >= 0.6 is 11.6 Å². The van der Waals surface area contributed by atoms with Crippen molar-refractivity contribution in [3.8, 4) is 5.75 Å². The van der Waals surface area contributed by atoms with Crippen LogP contribution < -0.4 is 26.6 Å². The number of hydrogen-bond donors (Lipinski definition) is 2. The second-order valence-electron chi connectivity index (χ2n) is 7.13. The van der Waals surface area contributed by atoms with Gasteiger partial charge in [0.2, 0.25) is 0 Å². The lowest BCUT2D eigenvalue weighted by Gasteiger charge is -2.21. The molecule has 0 aliphatic heterocycles. The lowest BCUT2D eigenvalue weighted by molar-refractivity contribution is 0.269. The van der Waals surface area contributed by atoms with Crippen LogP contribution in [0.15, 0.2) is 27.8 Å². The minimum Gasteiger partial charge on any atom is -0.492 e. The average molecular weight is 389 g/mol. The number of halogens is 1. The van der Waals surface area contributed by atoms with Crippen LogP contribution in [0.2, 0.25) is 5.02 Å². The number of benzene rings is 1. The van der Waals surface area contributed by atoms with E-state index in [0.29, 0.717) is 22.9 Å². The molecule has 0 bridgehead atoms. The van der Waals surface area contributed by atoms with Crippen molar-refractivity contribution >= 4 is 24.3 Å². The number of nitrogens with one attached hydrogen (secondary N) is 2. The van der Waals surface area contributed by atoms with E-state index in [9.17, 15) is 9.59 Å². The Morgan fingerprint density at radius 3 is 2.52 bits per heavy atom. The van der Waals surface area contributed by atoms with Gasteiger partial charge in [-0.15, -0.1) is 0 Å². The van der Waals surface area contributed by atoms with E-state index in [-0.39, 0.29) is 10.7 Å². The topological polar surface area (TPSA) is 75.0 Å². The highest BCUT2D eigenvalue weighted by Crippen LogP contribution is 2.28. The monoisotopic (exact) mass is 388 g/mol. The van der Waals surface area contributed by atoms with Gasteiger partial charge < -0.3 is 14.7 Å². The van der Waals surface area contributed by atoms with E-state index in [1.807, 2.05) is 0 Å². The van der Waals surface area contributed by atoms with Crippen LogP contribution in [-0.4, -0.2) is 16.6 Å². The van der Waals surface area contributed by atoms with Gasteiger partial charge >= 0.3 is 0 Å². The zero-order chi connectivity index (χ0) is 19.2. The zero-order valence-electron chi connectivity index (χ0n) is 15.4. The third-order valence-corrected chi connectivity index (χ3v) is 5.32. The highest BCUT2D eigenvalue weighted by molar-refractivity contribution is 6.32. The zero-order valence-corrected chi connectivity index (χ0v) is 16.1. The summed E-state index contributed by atoms with van der Waals surface area (Å²) in [5, 5.41) is 0.475. The Balaban J connectivity index is 1.64. The van der Waals surface area contributed by atoms with Gasteiger partial charge in [-0.25, -0.2) is 0 Å². The maximum Gasteiger partial charge on any atom is 0.262 e. The van der Waals surface area contributed by atoms with Crippen molar-refractivity contribution < 1.29 is 4.74 Å². The molecule has 0 spiro atoms. The van der Waals surface area contributed by atoms with E-state index in [4.69, 9.17) is 16.3 Å². The Morgan fingerprint density at radius 1 is 1.15 bits per heavy atom. The molecule has 6 heteroatoms. The molecule has 0 saturated heterocycles. The SMILES string of the molecule is C=c1[nH]c(=O)c(=Cc2ccc(OCCCC3CCCCC3)c(Cl)c2)c(=O)[nH]1. The number of aromatic amines is 2. The fraction of sp³-hybridized carbons (Fsp3) is 0.429. The lowest BCUT2D eigenvalue weighted by atomic mass is 9.86. The first-order valence-electron chi connectivity index (χ1n) is 9.48. The molecule has 3 rings (SSSR count). The van der Waals surface area contributed by atoms with Gasteiger partial charge in [0.25, 0.3) is 11.1 Å². The highest BCUT2D eigenvalue weighted by atomic mass is 35.5. The lowest BCUT2D eigenvalue weighted by Crippen LogP contribution is -2.47. The minimum absolute atomic E-state index is 0.0135. The van der Waals surface area contributed by atoms with Crippen LogP contribution in [0, 0.1) is 5.92 Å². The molecular formula is C21H25ClN2O3. The second kappa shape index (κ2) is 9.09. The van der Waals surface area contributed by atoms with E-state index in [0.717, 1.165) is 12.3 Å². The third kappa shape index (κ3) is 5.36. The van der Waals surface area contributed by atoms with Gasteiger partial charge in [-0.2, -0.15) is 0 Å². The molecule has 1 aliphatic carbocycles. The first-order chi connectivity index (χ1) is 13.0. The Labute approximate surface area is 162 Å². The summed E-state index contributed by atoms with van der Waals surface area (Å²) < 4.78 is 5.81. The molecule has 0 amide bonds. The smallest absolute Gasteiger partial charge is 0.262 e. The second-order valence-corrected chi connectivity index (χ2v) is 7.54. The molecule has 1 saturated carbocycles. The van der Waals surface area contributed by atoms with Crippen molar-refractivity contribution in [2.75, 3.05) is 6.61 Å². The summed E-state index contributed by atoms with van der Waals surface area (Å²) in [7, 11) is 0. The summed E-state index contributed by atoms with van der Waals surface area (Å²) in [5.74, 6) is 1.46. The van der Waals surface area contributed by atoms with Crippen LogP contribution in [0.3, 0.4) is 0 Å². The summed E-state index contributed by atoms with van der Waals surface area (Å²) in [6, 6.07) is 5.24. The molecule has 1 aromatic carbocycles. The van der Waals surface area contributed by atoms with E-state index in [1.54, 1.807) is 18.2 Å². The van der Waals surface area contributed by atoms with E-state index >= 15 is 0 Å². The Hall–Kier alpha value is -2.27. The number of hydrogen-bond acceptors (Lipinski definition) is 3. The summed E-state index contributed by atoms with van der Waals surface area (Å²) in [6.07, 6.45) is 10.5. The quantitative estimate of drug-likeness (QED) is 0.747. The van der Waals surface area contributed by atoms with Gasteiger partial charge in [0.05, 0.1) is 11.6 Å². The van der Waals surface area contributed by atoms with Crippen LogP contribution in [0.1, 0.15) is 50.5 Å². The van der Waals surface area contributed by atoms with E-state index < -0.39 is 11.1 Å². The summed E-state index contributed by atoms with van der Waals surface area (Å²) in [6.45, 7) is 4.16. The van der Waals surface area contributed by atoms with Crippen molar-refractivity contribution in [3.63, 3.8) is 0 Å². The molecule has 5 nitrogen and oxygen atoms in total. The van der Waals surface area contributed by atoms with Crippen LogP contribution in [-0.2, 0) is 0 Å². The van der Waals surface area contributed by atoms with Crippen molar-refractivity contribution in [2.45, 2.75) is 44.9 Å². The number of ether oxygens (including phenoxy) is 1. The molecule has 2 aromatic rings. The fourth-order valence-corrected chi connectivity index (χ4v) is 3.84. The normalized spacial score (nSPS) is 14.9. The van der Waals surface area contributed by atoms with Gasteiger partial charge in [0.15, 0.2) is 0 Å². The van der Waals surface area contributed by atoms with Gasteiger partial charge in [-0.1, -0.05) is 56.4 Å². The highest BCUT2D eigenvalue weighted by Gasteiger charge is 2.13. The number of rotatable bonds is 6. The molecule has 1 aromatic heterocycles. The van der Waals surface area contributed by atoms with Crippen molar-refractivity contribution in [1.82, 2.24) is 9.97 Å². The molecule has 2 N–H and O–H groups in total. The summed E-state index contributed by atoms with van der Waals surface area (Å²) >= 11 is 6.30. The van der Waals surface area contributed by atoms with E-state index in [2.05, 4.69) is 16.5 Å². The molecule has 0 radical (unpaired) electrons.